The SMILES string of the molecule is COC1CCC(NCC(O)COc2ccc(Cl)c(Cl)c2)C1. The first-order chi connectivity index (χ1) is 10.1. The van der Waals surface area contributed by atoms with E-state index in [1.165, 1.54) is 0 Å². The molecule has 3 atom stereocenters. The second-order valence-electron chi connectivity index (χ2n) is 5.32. The first-order valence-electron chi connectivity index (χ1n) is 7.10. The minimum absolute atomic E-state index is 0.214. The van der Waals surface area contributed by atoms with E-state index in [0.717, 1.165) is 19.3 Å². The van der Waals surface area contributed by atoms with Crippen LogP contribution >= 0.6 is 23.2 Å². The predicted octanol–water partition coefficient (Wildman–Crippen LogP) is 2.89. The largest absolute Gasteiger partial charge is 0.491 e. The molecule has 2 N–H and O–H groups in total. The lowest BCUT2D eigenvalue weighted by atomic mass is 10.2. The molecule has 0 spiro atoms. The second-order valence-corrected chi connectivity index (χ2v) is 6.13. The van der Waals surface area contributed by atoms with E-state index in [0.29, 0.717) is 34.5 Å². The van der Waals surface area contributed by atoms with Crippen molar-refractivity contribution in [2.75, 3.05) is 20.3 Å². The molecule has 1 saturated carbocycles. The number of aliphatic hydroxyl groups is 1. The van der Waals surface area contributed by atoms with Gasteiger partial charge in [-0.25, -0.2) is 0 Å². The summed E-state index contributed by atoms with van der Waals surface area (Å²) in [5.74, 6) is 0.601. The van der Waals surface area contributed by atoms with E-state index in [2.05, 4.69) is 5.32 Å². The summed E-state index contributed by atoms with van der Waals surface area (Å²) in [5, 5.41) is 14.2. The molecule has 6 heteroatoms. The van der Waals surface area contributed by atoms with E-state index >= 15 is 0 Å². The smallest absolute Gasteiger partial charge is 0.121 e. The highest BCUT2D eigenvalue weighted by atomic mass is 35.5. The van der Waals surface area contributed by atoms with Crippen LogP contribution in [0.5, 0.6) is 5.75 Å². The normalized spacial score (nSPS) is 23.2. The zero-order chi connectivity index (χ0) is 15.2. The van der Waals surface area contributed by atoms with Crippen molar-refractivity contribution >= 4 is 23.2 Å². The van der Waals surface area contributed by atoms with Gasteiger partial charge in [0.25, 0.3) is 0 Å². The fourth-order valence-electron chi connectivity index (χ4n) is 2.46. The Bertz CT molecular complexity index is 459. The first kappa shape index (κ1) is 16.8. The lowest BCUT2D eigenvalue weighted by molar-refractivity contribution is 0.0966. The molecule has 0 aromatic heterocycles. The quantitative estimate of drug-likeness (QED) is 0.805. The third kappa shape index (κ3) is 5.31. The molecule has 1 aromatic carbocycles. The van der Waals surface area contributed by atoms with Crippen molar-refractivity contribution in [2.45, 2.75) is 37.5 Å². The van der Waals surface area contributed by atoms with Crippen LogP contribution in [0.15, 0.2) is 18.2 Å². The zero-order valence-corrected chi connectivity index (χ0v) is 13.5. The molecular weight excluding hydrogens is 313 g/mol. The highest BCUT2D eigenvalue weighted by molar-refractivity contribution is 6.42. The summed E-state index contributed by atoms with van der Waals surface area (Å²) < 4.78 is 10.8. The van der Waals surface area contributed by atoms with Crippen LogP contribution in [0.2, 0.25) is 10.0 Å². The molecule has 0 amide bonds. The average Bonchev–Trinajstić information content (AvgIpc) is 2.94. The van der Waals surface area contributed by atoms with E-state index in [-0.39, 0.29) is 6.61 Å². The number of nitrogens with one attached hydrogen (secondary N) is 1. The number of hydrogen-bond donors (Lipinski definition) is 2. The van der Waals surface area contributed by atoms with Gasteiger partial charge in [0.2, 0.25) is 0 Å². The minimum atomic E-state index is -0.568. The maximum Gasteiger partial charge on any atom is 0.121 e. The fourth-order valence-corrected chi connectivity index (χ4v) is 2.75. The molecule has 0 saturated heterocycles. The van der Waals surface area contributed by atoms with Gasteiger partial charge in [0.15, 0.2) is 0 Å². The lowest BCUT2D eigenvalue weighted by Crippen LogP contribution is -2.37. The third-order valence-electron chi connectivity index (χ3n) is 3.69. The van der Waals surface area contributed by atoms with E-state index in [4.69, 9.17) is 32.7 Å². The Kier molecular flexibility index (Phi) is 6.58. The summed E-state index contributed by atoms with van der Waals surface area (Å²) in [6, 6.07) is 5.46. The maximum absolute atomic E-state index is 9.94. The third-order valence-corrected chi connectivity index (χ3v) is 4.43. The molecule has 1 aromatic rings. The average molecular weight is 334 g/mol. The van der Waals surface area contributed by atoms with Crippen LogP contribution < -0.4 is 10.1 Å². The van der Waals surface area contributed by atoms with Crippen molar-refractivity contribution in [1.82, 2.24) is 5.32 Å². The Morgan fingerprint density at radius 3 is 2.81 bits per heavy atom. The van der Waals surface area contributed by atoms with Crippen LogP contribution in [-0.4, -0.2) is 43.6 Å². The molecule has 0 heterocycles. The number of rotatable bonds is 7. The van der Waals surface area contributed by atoms with Crippen molar-refractivity contribution in [1.29, 1.82) is 0 Å². The van der Waals surface area contributed by atoms with E-state index < -0.39 is 6.10 Å². The summed E-state index contributed by atoms with van der Waals surface area (Å²) in [7, 11) is 1.74. The number of ether oxygens (including phenoxy) is 2. The highest BCUT2D eigenvalue weighted by Crippen LogP contribution is 2.26. The van der Waals surface area contributed by atoms with Gasteiger partial charge in [0.05, 0.1) is 16.1 Å². The Morgan fingerprint density at radius 1 is 1.33 bits per heavy atom. The van der Waals surface area contributed by atoms with Gasteiger partial charge in [-0.2, -0.15) is 0 Å². The van der Waals surface area contributed by atoms with E-state index in [1.807, 2.05) is 0 Å². The highest BCUT2D eigenvalue weighted by Gasteiger charge is 2.24. The summed E-state index contributed by atoms with van der Waals surface area (Å²) in [6.07, 6.45) is 2.92. The molecule has 0 radical (unpaired) electrons. The Morgan fingerprint density at radius 2 is 2.14 bits per heavy atom. The topological polar surface area (TPSA) is 50.7 Å². The van der Waals surface area contributed by atoms with Crippen molar-refractivity contribution in [3.8, 4) is 5.75 Å². The molecule has 0 aliphatic heterocycles. The Labute approximate surface area is 135 Å². The van der Waals surface area contributed by atoms with Gasteiger partial charge < -0.3 is 19.9 Å². The summed E-state index contributed by atoms with van der Waals surface area (Å²) in [5.41, 5.74) is 0. The van der Waals surface area contributed by atoms with Crippen molar-refractivity contribution in [3.05, 3.63) is 28.2 Å². The van der Waals surface area contributed by atoms with Gasteiger partial charge in [-0.3, -0.25) is 0 Å². The van der Waals surface area contributed by atoms with Crippen molar-refractivity contribution in [3.63, 3.8) is 0 Å². The number of hydrogen-bond acceptors (Lipinski definition) is 4. The van der Waals surface area contributed by atoms with Gasteiger partial charge >= 0.3 is 0 Å². The molecule has 4 nitrogen and oxygen atoms in total. The number of benzene rings is 1. The summed E-state index contributed by atoms with van der Waals surface area (Å²) in [6.45, 7) is 0.716. The van der Waals surface area contributed by atoms with E-state index in [1.54, 1.807) is 25.3 Å². The molecule has 3 unspecified atom stereocenters. The van der Waals surface area contributed by atoms with Crippen LogP contribution in [-0.2, 0) is 4.74 Å². The molecule has 0 bridgehead atoms. The molecule has 1 aliphatic carbocycles. The van der Waals surface area contributed by atoms with Crippen molar-refractivity contribution in [2.24, 2.45) is 0 Å². The Hall–Kier alpha value is -0.520. The van der Waals surface area contributed by atoms with Crippen LogP contribution in [0.3, 0.4) is 0 Å². The lowest BCUT2D eigenvalue weighted by Gasteiger charge is -2.17. The van der Waals surface area contributed by atoms with Gasteiger partial charge in [-0.15, -0.1) is 0 Å². The van der Waals surface area contributed by atoms with E-state index in [9.17, 15) is 5.11 Å². The van der Waals surface area contributed by atoms with Crippen LogP contribution in [0.25, 0.3) is 0 Å². The van der Waals surface area contributed by atoms with Crippen LogP contribution in [0.4, 0.5) is 0 Å². The number of methoxy groups -OCH3 is 1. The molecular formula is C15H21Cl2NO3. The first-order valence-corrected chi connectivity index (χ1v) is 7.86. The molecule has 1 fully saturated rings. The number of aliphatic hydroxyl groups excluding tert-OH is 1. The van der Waals surface area contributed by atoms with Crippen LogP contribution in [0, 0.1) is 0 Å². The number of halogens is 2. The fraction of sp³-hybridized carbons (Fsp3) is 0.600. The maximum atomic E-state index is 9.94. The molecule has 1 aliphatic rings. The van der Waals surface area contributed by atoms with Gasteiger partial charge in [-0.05, 0) is 31.4 Å². The van der Waals surface area contributed by atoms with Crippen molar-refractivity contribution < 1.29 is 14.6 Å². The van der Waals surface area contributed by atoms with Gasteiger partial charge in [-0.1, -0.05) is 23.2 Å². The molecule has 118 valence electrons. The van der Waals surface area contributed by atoms with Gasteiger partial charge in [0, 0.05) is 25.8 Å². The van der Waals surface area contributed by atoms with Crippen LogP contribution in [0.1, 0.15) is 19.3 Å². The monoisotopic (exact) mass is 333 g/mol. The summed E-state index contributed by atoms with van der Waals surface area (Å²) in [4.78, 5) is 0. The summed E-state index contributed by atoms with van der Waals surface area (Å²) >= 11 is 11.7. The second kappa shape index (κ2) is 8.20. The minimum Gasteiger partial charge on any atom is -0.491 e. The Balaban J connectivity index is 1.67. The molecule has 21 heavy (non-hydrogen) atoms. The molecule has 2 rings (SSSR count). The predicted molar refractivity (Wildman–Crippen MR) is 84.4 cm³/mol. The van der Waals surface area contributed by atoms with Gasteiger partial charge in [0.1, 0.15) is 18.5 Å². The zero-order valence-electron chi connectivity index (χ0n) is 12.0. The standard InChI is InChI=1S/C15H21Cl2NO3/c1-20-12-3-2-10(6-12)18-8-11(19)9-21-13-4-5-14(16)15(17)7-13/h4-5,7,10-12,18-19H,2-3,6,8-9H2,1H3.